The van der Waals surface area contributed by atoms with Gasteiger partial charge in [-0.25, -0.2) is 0 Å². The van der Waals surface area contributed by atoms with Gasteiger partial charge in [0.25, 0.3) is 0 Å². The van der Waals surface area contributed by atoms with Crippen LogP contribution in [0.2, 0.25) is 0 Å². The van der Waals surface area contributed by atoms with Crippen molar-refractivity contribution in [2.24, 2.45) is 0 Å². The molecule has 0 N–H and O–H groups in total. The van der Waals surface area contributed by atoms with E-state index in [0.717, 1.165) is 40.6 Å². The number of hydrogen-bond donors (Lipinski definition) is 0. The number of hydrogen-bond acceptors (Lipinski definition) is 2. The summed E-state index contributed by atoms with van der Waals surface area (Å²) >= 11 is 6.88. The lowest BCUT2D eigenvalue weighted by molar-refractivity contribution is -0.119. The smallest absolute Gasteiger partial charge is 0.133 e. The molecule has 0 saturated heterocycles. The fraction of sp³-hybridized carbons (Fsp3) is 0.667. The molecule has 0 amide bonds. The zero-order valence-electron chi connectivity index (χ0n) is 10.3. The van der Waals surface area contributed by atoms with E-state index in [1.165, 1.54) is 0 Å². The predicted octanol–water partition coefficient (Wildman–Crippen LogP) is 3.65. The van der Waals surface area contributed by atoms with Crippen LogP contribution in [0.15, 0.2) is 4.47 Å². The average molecular weight is 366 g/mol. The number of Topliss-reactive ketones (excluding diaryl/α,β-unsaturated/α-hetero) is 1. The molecule has 1 rings (SSSR count). The maximum atomic E-state index is 11.6. The van der Waals surface area contributed by atoms with Crippen LogP contribution in [0.3, 0.4) is 0 Å². The highest BCUT2D eigenvalue weighted by Crippen LogP contribution is 2.22. The maximum Gasteiger partial charge on any atom is 0.133 e. The van der Waals surface area contributed by atoms with E-state index in [-0.39, 0.29) is 0 Å². The van der Waals surface area contributed by atoms with Gasteiger partial charge >= 0.3 is 0 Å². The highest BCUT2D eigenvalue weighted by molar-refractivity contribution is 9.10. The van der Waals surface area contributed by atoms with Gasteiger partial charge in [0.2, 0.25) is 0 Å². The summed E-state index contributed by atoms with van der Waals surface area (Å²) < 4.78 is 3.02. The number of carbonyl (C=O) groups is 1. The van der Waals surface area contributed by atoms with Crippen LogP contribution in [0.25, 0.3) is 0 Å². The third-order valence-electron chi connectivity index (χ3n) is 2.68. The molecule has 0 spiro atoms. The number of halogens is 2. The Kier molecular flexibility index (Phi) is 6.41. The molecule has 5 heteroatoms. The van der Waals surface area contributed by atoms with Gasteiger partial charge in [-0.1, -0.05) is 15.9 Å². The predicted molar refractivity (Wildman–Crippen MR) is 76.7 cm³/mol. The van der Waals surface area contributed by atoms with Crippen molar-refractivity contribution in [3.63, 3.8) is 0 Å². The minimum absolute atomic E-state index is 0.331. The zero-order valence-corrected chi connectivity index (χ0v) is 13.5. The SMILES string of the molecule is CCn1nc(C)c(Br)c1CCC(=O)CCCBr. The Hall–Kier alpha value is -0.160. The first-order valence-corrected chi connectivity index (χ1v) is 7.81. The van der Waals surface area contributed by atoms with Crippen molar-refractivity contribution < 1.29 is 4.79 Å². The Morgan fingerprint density at radius 2 is 2.12 bits per heavy atom. The zero-order chi connectivity index (χ0) is 12.8. The topological polar surface area (TPSA) is 34.9 Å². The van der Waals surface area contributed by atoms with Crippen molar-refractivity contribution in [3.8, 4) is 0 Å². The van der Waals surface area contributed by atoms with Crippen LogP contribution >= 0.6 is 31.9 Å². The van der Waals surface area contributed by atoms with Gasteiger partial charge in [0.05, 0.1) is 15.9 Å². The number of aromatic nitrogens is 2. The third-order valence-corrected chi connectivity index (χ3v) is 4.27. The summed E-state index contributed by atoms with van der Waals surface area (Å²) in [5.74, 6) is 0.331. The van der Waals surface area contributed by atoms with Gasteiger partial charge in [-0.05, 0) is 42.6 Å². The highest BCUT2D eigenvalue weighted by Gasteiger charge is 2.13. The van der Waals surface area contributed by atoms with Crippen LogP contribution in [0.1, 0.15) is 37.6 Å². The number of alkyl halides is 1. The van der Waals surface area contributed by atoms with Gasteiger partial charge in [-0.2, -0.15) is 5.10 Å². The molecule has 0 fully saturated rings. The average Bonchev–Trinajstić information content (AvgIpc) is 2.60. The van der Waals surface area contributed by atoms with Crippen molar-refractivity contribution in [2.75, 3.05) is 5.33 Å². The minimum Gasteiger partial charge on any atom is -0.300 e. The monoisotopic (exact) mass is 364 g/mol. The van der Waals surface area contributed by atoms with Crippen molar-refractivity contribution in [1.82, 2.24) is 9.78 Å². The van der Waals surface area contributed by atoms with Crippen LogP contribution in [0, 0.1) is 6.92 Å². The molecule has 17 heavy (non-hydrogen) atoms. The number of rotatable bonds is 7. The van der Waals surface area contributed by atoms with E-state index in [0.29, 0.717) is 18.6 Å². The molecule has 0 saturated carbocycles. The first-order chi connectivity index (χ1) is 8.10. The fourth-order valence-corrected chi connectivity index (χ4v) is 2.52. The van der Waals surface area contributed by atoms with Crippen molar-refractivity contribution in [1.29, 1.82) is 0 Å². The summed E-state index contributed by atoms with van der Waals surface area (Å²) in [7, 11) is 0. The highest BCUT2D eigenvalue weighted by atomic mass is 79.9. The van der Waals surface area contributed by atoms with E-state index in [1.54, 1.807) is 0 Å². The second-order valence-electron chi connectivity index (χ2n) is 3.99. The molecule has 96 valence electrons. The Morgan fingerprint density at radius 1 is 1.41 bits per heavy atom. The summed E-state index contributed by atoms with van der Waals surface area (Å²) in [5.41, 5.74) is 2.13. The lowest BCUT2D eigenvalue weighted by Crippen LogP contribution is -2.06. The van der Waals surface area contributed by atoms with Crippen molar-refractivity contribution >= 4 is 37.6 Å². The summed E-state index contributed by atoms with van der Waals surface area (Å²) in [6.07, 6.45) is 2.97. The van der Waals surface area contributed by atoms with Crippen LogP contribution in [-0.2, 0) is 17.8 Å². The standard InChI is InChI=1S/C12H18Br2N2O/c1-3-16-11(12(14)9(2)15-16)7-6-10(17)5-4-8-13/h3-8H2,1-2H3. The van der Waals surface area contributed by atoms with Crippen molar-refractivity contribution in [3.05, 3.63) is 15.9 Å². The van der Waals surface area contributed by atoms with Crippen LogP contribution < -0.4 is 0 Å². The van der Waals surface area contributed by atoms with Gasteiger partial charge < -0.3 is 0 Å². The van der Waals surface area contributed by atoms with E-state index in [2.05, 4.69) is 43.9 Å². The van der Waals surface area contributed by atoms with E-state index >= 15 is 0 Å². The molecule has 0 aromatic carbocycles. The molecule has 0 aliphatic rings. The van der Waals surface area contributed by atoms with Crippen LogP contribution in [-0.4, -0.2) is 20.9 Å². The molecule has 0 radical (unpaired) electrons. The molecule has 1 heterocycles. The molecular weight excluding hydrogens is 348 g/mol. The number of nitrogens with zero attached hydrogens (tertiary/aromatic N) is 2. The fourth-order valence-electron chi connectivity index (χ4n) is 1.75. The minimum atomic E-state index is 0.331. The van der Waals surface area contributed by atoms with E-state index in [9.17, 15) is 4.79 Å². The molecule has 3 nitrogen and oxygen atoms in total. The Morgan fingerprint density at radius 3 is 2.71 bits per heavy atom. The van der Waals surface area contributed by atoms with Gasteiger partial charge in [-0.3, -0.25) is 9.48 Å². The first-order valence-electron chi connectivity index (χ1n) is 5.89. The molecule has 1 aromatic heterocycles. The van der Waals surface area contributed by atoms with E-state index in [1.807, 2.05) is 11.6 Å². The molecule has 0 aliphatic heterocycles. The van der Waals surface area contributed by atoms with Gasteiger partial charge in [-0.15, -0.1) is 0 Å². The molecule has 1 aromatic rings. The van der Waals surface area contributed by atoms with Crippen LogP contribution in [0.5, 0.6) is 0 Å². The van der Waals surface area contributed by atoms with Gasteiger partial charge in [0.1, 0.15) is 5.78 Å². The maximum absolute atomic E-state index is 11.6. The van der Waals surface area contributed by atoms with E-state index < -0.39 is 0 Å². The lowest BCUT2D eigenvalue weighted by atomic mass is 10.1. The van der Waals surface area contributed by atoms with Gasteiger partial charge in [0.15, 0.2) is 0 Å². The molecule has 0 bridgehead atoms. The summed E-state index contributed by atoms with van der Waals surface area (Å²) in [6, 6.07) is 0. The number of ketones is 1. The third kappa shape index (κ3) is 4.21. The first kappa shape index (κ1) is 14.9. The second-order valence-corrected chi connectivity index (χ2v) is 5.58. The number of carbonyl (C=O) groups excluding carboxylic acids is 1. The molecule has 0 aliphatic carbocycles. The van der Waals surface area contributed by atoms with Crippen LogP contribution in [0.4, 0.5) is 0 Å². The largest absolute Gasteiger partial charge is 0.300 e. The second kappa shape index (κ2) is 7.31. The van der Waals surface area contributed by atoms with E-state index in [4.69, 9.17) is 0 Å². The lowest BCUT2D eigenvalue weighted by Gasteiger charge is -2.05. The molecule has 0 unspecified atom stereocenters. The quantitative estimate of drug-likeness (QED) is 0.691. The summed E-state index contributed by atoms with van der Waals surface area (Å²) in [6.45, 7) is 4.89. The Labute approximate surface area is 119 Å². The van der Waals surface area contributed by atoms with Crippen molar-refractivity contribution in [2.45, 2.75) is 46.1 Å². The normalized spacial score (nSPS) is 10.8. The Bertz CT molecular complexity index is 388. The molecular formula is C12H18Br2N2O. The number of aryl methyl sites for hydroxylation is 2. The Balaban J connectivity index is 2.59. The van der Waals surface area contributed by atoms with Gasteiger partial charge in [0, 0.05) is 24.7 Å². The molecule has 0 atom stereocenters. The summed E-state index contributed by atoms with van der Waals surface area (Å²) in [4.78, 5) is 11.6. The summed E-state index contributed by atoms with van der Waals surface area (Å²) in [5, 5.41) is 5.32.